The van der Waals surface area contributed by atoms with Crippen molar-refractivity contribution < 1.29 is 14.0 Å². The van der Waals surface area contributed by atoms with Crippen molar-refractivity contribution in [3.63, 3.8) is 0 Å². The minimum absolute atomic E-state index is 0.0345. The fraction of sp³-hybridized carbons (Fsp3) is 0.0667. The van der Waals surface area contributed by atoms with Crippen molar-refractivity contribution in [2.24, 2.45) is 0 Å². The number of anilines is 1. The van der Waals surface area contributed by atoms with Gasteiger partial charge in [-0.25, -0.2) is 14.6 Å². The average molecular weight is 287 g/mol. The Morgan fingerprint density at radius 3 is 2.29 bits per heavy atom. The van der Waals surface area contributed by atoms with E-state index < -0.39 is 11.8 Å². The van der Waals surface area contributed by atoms with Crippen molar-refractivity contribution in [3.05, 3.63) is 66.0 Å². The molecule has 5 nitrogen and oxygen atoms in total. The zero-order chi connectivity index (χ0) is 15.1. The molecular weight excluding hydrogens is 273 g/mol. The van der Waals surface area contributed by atoms with Crippen LogP contribution >= 0.6 is 0 Å². The van der Waals surface area contributed by atoms with Gasteiger partial charge in [-0.3, -0.25) is 10.2 Å². The van der Waals surface area contributed by atoms with Gasteiger partial charge >= 0.3 is 6.03 Å². The third-order valence-electron chi connectivity index (χ3n) is 2.65. The molecule has 3 amide bonds. The second kappa shape index (κ2) is 7.04. The molecule has 0 fully saturated rings. The number of carbonyl (C=O) groups excluding carboxylic acids is 2. The first-order valence-corrected chi connectivity index (χ1v) is 6.29. The summed E-state index contributed by atoms with van der Waals surface area (Å²) in [5, 5.41) is 2.29. The van der Waals surface area contributed by atoms with Crippen LogP contribution in [0.5, 0.6) is 0 Å². The lowest BCUT2D eigenvalue weighted by Gasteiger charge is -2.09. The highest BCUT2D eigenvalue weighted by atomic mass is 19.1. The monoisotopic (exact) mass is 287 g/mol. The number of hydrogen-bond donors (Lipinski definition) is 3. The number of benzene rings is 2. The van der Waals surface area contributed by atoms with E-state index >= 15 is 0 Å². The minimum Gasteiger partial charge on any atom is -0.304 e. The zero-order valence-corrected chi connectivity index (χ0v) is 11.1. The van der Waals surface area contributed by atoms with Gasteiger partial charge in [0.25, 0.3) is 0 Å². The summed E-state index contributed by atoms with van der Waals surface area (Å²) in [5.74, 6) is -0.923. The summed E-state index contributed by atoms with van der Waals surface area (Å²) in [4.78, 5) is 23.1. The van der Waals surface area contributed by atoms with Gasteiger partial charge in [-0.1, -0.05) is 42.5 Å². The number of hydrogen-bond acceptors (Lipinski definition) is 2. The summed E-state index contributed by atoms with van der Waals surface area (Å²) in [6.45, 7) is 0. The molecule has 0 atom stereocenters. The number of nitrogens with one attached hydrogen (secondary N) is 3. The van der Waals surface area contributed by atoms with E-state index in [2.05, 4.69) is 16.2 Å². The predicted octanol–water partition coefficient (Wildman–Crippen LogP) is 2.22. The molecule has 21 heavy (non-hydrogen) atoms. The number of rotatable bonds is 3. The van der Waals surface area contributed by atoms with Gasteiger partial charge in [-0.15, -0.1) is 0 Å². The zero-order valence-electron chi connectivity index (χ0n) is 11.1. The van der Waals surface area contributed by atoms with Crippen molar-refractivity contribution in [1.82, 2.24) is 10.9 Å². The predicted molar refractivity (Wildman–Crippen MR) is 76.8 cm³/mol. The number of halogens is 1. The molecule has 2 aromatic rings. The summed E-state index contributed by atoms with van der Waals surface area (Å²) in [6.07, 6.45) is 0.140. The van der Waals surface area contributed by atoms with Gasteiger partial charge in [0.15, 0.2) is 0 Å². The van der Waals surface area contributed by atoms with Crippen molar-refractivity contribution in [1.29, 1.82) is 0 Å². The van der Waals surface area contributed by atoms with Crippen LogP contribution in [-0.2, 0) is 11.2 Å². The molecule has 0 heterocycles. The Morgan fingerprint density at radius 2 is 1.57 bits per heavy atom. The lowest BCUT2D eigenvalue weighted by Crippen LogP contribution is -2.44. The first kappa shape index (κ1) is 14.5. The van der Waals surface area contributed by atoms with Gasteiger partial charge in [-0.2, -0.15) is 0 Å². The third kappa shape index (κ3) is 4.61. The van der Waals surface area contributed by atoms with Crippen LogP contribution in [-0.4, -0.2) is 11.9 Å². The molecule has 0 saturated heterocycles. The minimum atomic E-state index is -0.721. The van der Waals surface area contributed by atoms with Crippen LogP contribution in [0.4, 0.5) is 14.9 Å². The molecule has 0 aliphatic carbocycles. The molecule has 0 unspecified atom stereocenters. The van der Waals surface area contributed by atoms with Gasteiger partial charge in [0.2, 0.25) is 5.91 Å². The normalized spacial score (nSPS) is 9.76. The number of para-hydroxylation sites is 1. The lowest BCUT2D eigenvalue weighted by molar-refractivity contribution is -0.121. The largest absolute Gasteiger partial charge is 0.338 e. The first-order valence-electron chi connectivity index (χ1n) is 6.29. The average Bonchev–Trinajstić information content (AvgIpc) is 2.49. The van der Waals surface area contributed by atoms with Crippen LogP contribution in [0.3, 0.4) is 0 Å². The quantitative estimate of drug-likeness (QED) is 0.758. The number of hydrazine groups is 1. The van der Waals surface area contributed by atoms with Crippen LogP contribution in [0.2, 0.25) is 0 Å². The lowest BCUT2D eigenvalue weighted by atomic mass is 10.1. The second-order valence-corrected chi connectivity index (χ2v) is 4.27. The number of urea groups is 1. The van der Waals surface area contributed by atoms with E-state index in [0.29, 0.717) is 0 Å². The standard InChI is InChI=1S/C15H14FN3O2/c16-12-8-4-5-9-13(12)17-15(21)19-18-14(20)10-11-6-2-1-3-7-11/h1-9H,10H2,(H,18,20)(H2,17,19,21). The molecule has 0 aliphatic rings. The highest BCUT2D eigenvalue weighted by molar-refractivity contribution is 5.91. The van der Waals surface area contributed by atoms with Crippen LogP contribution in [0.25, 0.3) is 0 Å². The summed E-state index contributed by atoms with van der Waals surface area (Å²) in [5.41, 5.74) is 5.27. The topological polar surface area (TPSA) is 70.2 Å². The Morgan fingerprint density at radius 1 is 0.905 bits per heavy atom. The fourth-order valence-corrected chi connectivity index (χ4v) is 1.67. The van der Waals surface area contributed by atoms with Crippen molar-refractivity contribution in [2.75, 3.05) is 5.32 Å². The SMILES string of the molecule is O=C(Cc1ccccc1)NNC(=O)Nc1ccccc1F. The van der Waals surface area contributed by atoms with E-state index in [1.54, 1.807) is 18.2 Å². The van der Waals surface area contributed by atoms with Crippen LogP contribution in [0.15, 0.2) is 54.6 Å². The molecule has 0 spiro atoms. The molecule has 0 radical (unpaired) electrons. The van der Waals surface area contributed by atoms with E-state index in [1.165, 1.54) is 18.2 Å². The summed E-state index contributed by atoms with van der Waals surface area (Å²) < 4.78 is 13.3. The number of carbonyl (C=O) groups is 2. The van der Waals surface area contributed by atoms with Crippen LogP contribution in [0.1, 0.15) is 5.56 Å². The van der Waals surface area contributed by atoms with E-state index in [0.717, 1.165) is 5.56 Å². The maximum atomic E-state index is 13.3. The molecule has 108 valence electrons. The Kier molecular flexibility index (Phi) is 4.87. The molecule has 0 aromatic heterocycles. The third-order valence-corrected chi connectivity index (χ3v) is 2.65. The second-order valence-electron chi connectivity index (χ2n) is 4.27. The summed E-state index contributed by atoms with van der Waals surface area (Å²) in [6, 6.07) is 14.1. The highest BCUT2D eigenvalue weighted by Gasteiger charge is 2.07. The van der Waals surface area contributed by atoms with E-state index in [4.69, 9.17) is 0 Å². The first-order chi connectivity index (χ1) is 10.1. The van der Waals surface area contributed by atoms with Crippen molar-refractivity contribution >= 4 is 17.6 Å². The van der Waals surface area contributed by atoms with Crippen LogP contribution < -0.4 is 16.2 Å². The van der Waals surface area contributed by atoms with Gasteiger partial charge in [0.05, 0.1) is 12.1 Å². The Hall–Kier alpha value is -2.89. The van der Waals surface area contributed by atoms with Gasteiger partial charge < -0.3 is 5.32 Å². The Bertz CT molecular complexity index is 632. The number of amides is 3. The highest BCUT2D eigenvalue weighted by Crippen LogP contribution is 2.11. The van der Waals surface area contributed by atoms with Crippen molar-refractivity contribution in [3.8, 4) is 0 Å². The van der Waals surface area contributed by atoms with Crippen LogP contribution in [0, 0.1) is 5.82 Å². The van der Waals surface area contributed by atoms with E-state index in [-0.39, 0.29) is 18.0 Å². The Labute approximate surface area is 121 Å². The maximum Gasteiger partial charge on any atom is 0.338 e. The molecule has 0 saturated carbocycles. The summed E-state index contributed by atoms with van der Waals surface area (Å²) in [7, 11) is 0. The fourth-order valence-electron chi connectivity index (χ4n) is 1.67. The molecule has 3 N–H and O–H groups in total. The molecular formula is C15H14FN3O2. The molecule has 6 heteroatoms. The van der Waals surface area contributed by atoms with Gasteiger partial charge in [-0.05, 0) is 17.7 Å². The molecule has 2 rings (SSSR count). The molecule has 0 bridgehead atoms. The van der Waals surface area contributed by atoms with Crippen molar-refractivity contribution in [2.45, 2.75) is 6.42 Å². The summed E-state index contributed by atoms with van der Waals surface area (Å²) >= 11 is 0. The van der Waals surface area contributed by atoms with E-state index in [9.17, 15) is 14.0 Å². The van der Waals surface area contributed by atoms with E-state index in [1.807, 2.05) is 18.2 Å². The molecule has 2 aromatic carbocycles. The van der Waals surface area contributed by atoms with Gasteiger partial charge in [0, 0.05) is 0 Å². The maximum absolute atomic E-state index is 13.3. The molecule has 0 aliphatic heterocycles. The smallest absolute Gasteiger partial charge is 0.304 e. The van der Waals surface area contributed by atoms with Gasteiger partial charge in [0.1, 0.15) is 5.82 Å². The Balaban J connectivity index is 1.79.